The Morgan fingerprint density at radius 2 is 2.19 bits per heavy atom. The number of carbonyl (C=O) groups is 1. The Balaban J connectivity index is 1.77. The van der Waals surface area contributed by atoms with E-state index in [1.165, 1.54) is 0 Å². The number of amides is 1. The van der Waals surface area contributed by atoms with Crippen LogP contribution in [0.25, 0.3) is 0 Å². The molecule has 1 aromatic heterocycles. The van der Waals surface area contributed by atoms with E-state index in [4.69, 9.17) is 11.0 Å². The maximum Gasteiger partial charge on any atom is 0.234 e. The van der Waals surface area contributed by atoms with E-state index in [1.807, 2.05) is 12.1 Å². The number of hydrogen-bond donors (Lipinski definition) is 2. The largest absolute Gasteiger partial charge is 0.396 e. The molecule has 0 saturated carbocycles. The van der Waals surface area contributed by atoms with Gasteiger partial charge in [-0.15, -0.1) is 0 Å². The van der Waals surface area contributed by atoms with Crippen LogP contribution < -0.4 is 16.0 Å². The third kappa shape index (κ3) is 4.33. The molecule has 7 nitrogen and oxygen atoms in total. The van der Waals surface area contributed by atoms with Crippen molar-refractivity contribution in [3.05, 3.63) is 18.5 Å². The van der Waals surface area contributed by atoms with E-state index in [9.17, 15) is 4.79 Å². The fourth-order valence-corrected chi connectivity index (χ4v) is 2.35. The molecule has 112 valence electrons. The highest BCUT2D eigenvalue weighted by Gasteiger charge is 2.20. The van der Waals surface area contributed by atoms with Gasteiger partial charge in [-0.2, -0.15) is 5.26 Å². The molecule has 3 N–H and O–H groups in total. The number of rotatable bonds is 5. The smallest absolute Gasteiger partial charge is 0.234 e. The zero-order valence-electron chi connectivity index (χ0n) is 12.0. The van der Waals surface area contributed by atoms with Gasteiger partial charge >= 0.3 is 0 Å². The standard InChI is InChI=1S/C14H20N6O/c15-3-1-4-18-14(21)11-19-6-8-20(9-7-19)13-2-5-17-10-12(13)16/h2,5,10H,1,4,6-9,11,16H2,(H,18,21). The molecule has 1 saturated heterocycles. The Bertz CT molecular complexity index is 518. The molecule has 0 radical (unpaired) electrons. The van der Waals surface area contributed by atoms with Crippen LogP contribution in [0.1, 0.15) is 6.42 Å². The van der Waals surface area contributed by atoms with E-state index in [-0.39, 0.29) is 5.91 Å². The first-order valence-electron chi connectivity index (χ1n) is 7.01. The SMILES string of the molecule is N#CCCNC(=O)CN1CCN(c2ccncc2N)CC1. The summed E-state index contributed by atoms with van der Waals surface area (Å²) in [7, 11) is 0. The molecule has 0 atom stereocenters. The van der Waals surface area contributed by atoms with Crippen LogP contribution in [-0.4, -0.2) is 55.1 Å². The van der Waals surface area contributed by atoms with E-state index in [0.717, 1.165) is 31.9 Å². The first-order chi connectivity index (χ1) is 10.2. The van der Waals surface area contributed by atoms with Gasteiger partial charge in [0.05, 0.1) is 36.6 Å². The second kappa shape index (κ2) is 7.45. The number of carbonyl (C=O) groups excluding carboxylic acids is 1. The molecule has 0 aliphatic carbocycles. The molecule has 1 aliphatic heterocycles. The fourth-order valence-electron chi connectivity index (χ4n) is 2.35. The Kier molecular flexibility index (Phi) is 5.35. The lowest BCUT2D eigenvalue weighted by molar-refractivity contribution is -0.122. The lowest BCUT2D eigenvalue weighted by Gasteiger charge is -2.36. The van der Waals surface area contributed by atoms with Crippen molar-refractivity contribution >= 4 is 17.3 Å². The minimum atomic E-state index is -0.0258. The van der Waals surface area contributed by atoms with Crippen molar-refractivity contribution in [3.8, 4) is 6.07 Å². The molecular weight excluding hydrogens is 268 g/mol. The van der Waals surface area contributed by atoms with E-state index < -0.39 is 0 Å². The van der Waals surface area contributed by atoms with Gasteiger partial charge < -0.3 is 16.0 Å². The lowest BCUT2D eigenvalue weighted by Crippen LogP contribution is -2.49. The Hall–Kier alpha value is -2.33. The van der Waals surface area contributed by atoms with Crippen LogP contribution >= 0.6 is 0 Å². The predicted octanol–water partition coefficient (Wildman–Crippen LogP) is -0.184. The van der Waals surface area contributed by atoms with E-state index in [2.05, 4.69) is 20.1 Å². The molecule has 1 amide bonds. The van der Waals surface area contributed by atoms with Crippen LogP contribution in [0.5, 0.6) is 0 Å². The van der Waals surface area contributed by atoms with Crippen molar-refractivity contribution in [1.29, 1.82) is 5.26 Å². The third-order valence-corrected chi connectivity index (χ3v) is 3.47. The molecule has 0 aromatic carbocycles. The molecule has 0 unspecified atom stereocenters. The Morgan fingerprint density at radius 3 is 2.86 bits per heavy atom. The number of hydrogen-bond acceptors (Lipinski definition) is 6. The summed E-state index contributed by atoms with van der Waals surface area (Å²) in [5.41, 5.74) is 7.61. The molecule has 21 heavy (non-hydrogen) atoms. The number of piperazine rings is 1. The maximum atomic E-state index is 11.7. The molecule has 0 spiro atoms. The van der Waals surface area contributed by atoms with Gasteiger partial charge in [-0.05, 0) is 6.07 Å². The number of aromatic nitrogens is 1. The summed E-state index contributed by atoms with van der Waals surface area (Å²) < 4.78 is 0. The van der Waals surface area contributed by atoms with Crippen molar-refractivity contribution < 1.29 is 4.79 Å². The highest BCUT2D eigenvalue weighted by atomic mass is 16.2. The first-order valence-corrected chi connectivity index (χ1v) is 7.01. The van der Waals surface area contributed by atoms with Gasteiger partial charge in [0.15, 0.2) is 0 Å². The van der Waals surface area contributed by atoms with E-state index in [1.54, 1.807) is 12.4 Å². The number of nitrogen functional groups attached to an aromatic ring is 1. The normalized spacial score (nSPS) is 15.5. The zero-order chi connectivity index (χ0) is 15.1. The van der Waals surface area contributed by atoms with Crippen LogP contribution in [0.4, 0.5) is 11.4 Å². The lowest BCUT2D eigenvalue weighted by atomic mass is 10.2. The monoisotopic (exact) mass is 288 g/mol. The Morgan fingerprint density at radius 1 is 1.43 bits per heavy atom. The highest BCUT2D eigenvalue weighted by molar-refractivity contribution is 5.78. The number of nitrogens with one attached hydrogen (secondary N) is 1. The number of nitriles is 1. The summed E-state index contributed by atoms with van der Waals surface area (Å²) in [6.07, 6.45) is 3.74. The predicted molar refractivity (Wildman–Crippen MR) is 80.5 cm³/mol. The zero-order valence-corrected chi connectivity index (χ0v) is 12.0. The first kappa shape index (κ1) is 15.1. The average molecular weight is 288 g/mol. The third-order valence-electron chi connectivity index (χ3n) is 3.47. The molecular formula is C14H20N6O. The number of nitrogens with two attached hydrogens (primary N) is 1. The maximum absolute atomic E-state index is 11.7. The minimum absolute atomic E-state index is 0.0258. The molecule has 0 bridgehead atoms. The van der Waals surface area contributed by atoms with Crippen LogP contribution in [0.2, 0.25) is 0 Å². The minimum Gasteiger partial charge on any atom is -0.396 e. The van der Waals surface area contributed by atoms with Gasteiger partial charge in [0.1, 0.15) is 0 Å². The second-order valence-electron chi connectivity index (χ2n) is 4.96. The number of anilines is 2. The van der Waals surface area contributed by atoms with E-state index in [0.29, 0.717) is 25.2 Å². The summed E-state index contributed by atoms with van der Waals surface area (Å²) in [4.78, 5) is 20.0. The summed E-state index contributed by atoms with van der Waals surface area (Å²) in [6.45, 7) is 4.09. The van der Waals surface area contributed by atoms with Crippen LogP contribution in [-0.2, 0) is 4.79 Å². The topological polar surface area (TPSA) is 98.3 Å². The summed E-state index contributed by atoms with van der Waals surface area (Å²) in [5, 5.41) is 11.2. The molecule has 2 rings (SSSR count). The van der Waals surface area contributed by atoms with Gasteiger partial charge in [0.25, 0.3) is 0 Å². The van der Waals surface area contributed by atoms with Gasteiger partial charge in [-0.3, -0.25) is 14.7 Å². The summed E-state index contributed by atoms with van der Waals surface area (Å²) in [6, 6.07) is 3.92. The molecule has 1 fully saturated rings. The van der Waals surface area contributed by atoms with Crippen LogP contribution in [0.3, 0.4) is 0 Å². The molecule has 1 aliphatic rings. The van der Waals surface area contributed by atoms with Gasteiger partial charge in [-0.1, -0.05) is 0 Å². The van der Waals surface area contributed by atoms with Crippen molar-refractivity contribution in [3.63, 3.8) is 0 Å². The Labute approximate surface area is 124 Å². The van der Waals surface area contributed by atoms with Gasteiger partial charge in [-0.25, -0.2) is 0 Å². The highest BCUT2D eigenvalue weighted by Crippen LogP contribution is 2.22. The number of pyridine rings is 1. The van der Waals surface area contributed by atoms with Crippen LogP contribution in [0, 0.1) is 11.3 Å². The van der Waals surface area contributed by atoms with E-state index >= 15 is 0 Å². The average Bonchev–Trinajstić information content (AvgIpc) is 2.49. The number of nitrogens with zero attached hydrogens (tertiary/aromatic N) is 4. The van der Waals surface area contributed by atoms with Crippen molar-refractivity contribution in [1.82, 2.24) is 15.2 Å². The van der Waals surface area contributed by atoms with Gasteiger partial charge in [0.2, 0.25) is 5.91 Å². The summed E-state index contributed by atoms with van der Waals surface area (Å²) >= 11 is 0. The van der Waals surface area contributed by atoms with Crippen molar-refractivity contribution in [2.75, 3.05) is 49.9 Å². The molecule has 1 aromatic rings. The summed E-state index contributed by atoms with van der Waals surface area (Å²) in [5.74, 6) is -0.0258. The fraction of sp³-hybridized carbons (Fsp3) is 0.500. The molecule has 7 heteroatoms. The van der Waals surface area contributed by atoms with Crippen LogP contribution in [0.15, 0.2) is 18.5 Å². The second-order valence-corrected chi connectivity index (χ2v) is 4.96. The molecule has 2 heterocycles. The quantitative estimate of drug-likeness (QED) is 0.729. The van der Waals surface area contributed by atoms with Crippen molar-refractivity contribution in [2.45, 2.75) is 6.42 Å². The van der Waals surface area contributed by atoms with Gasteiger partial charge in [0, 0.05) is 38.9 Å². The van der Waals surface area contributed by atoms with Crippen molar-refractivity contribution in [2.24, 2.45) is 0 Å².